The van der Waals surface area contributed by atoms with E-state index in [-0.39, 0.29) is 0 Å². The highest BCUT2D eigenvalue weighted by atomic mass is 19.4. The molecule has 2 saturated heterocycles. The Kier molecular flexibility index (Phi) is 6.94. The van der Waals surface area contributed by atoms with E-state index in [1.165, 1.54) is 25.8 Å². The summed E-state index contributed by atoms with van der Waals surface area (Å²) in [5.74, 6) is -0.786. The van der Waals surface area contributed by atoms with Crippen LogP contribution in [0.25, 0.3) is 0 Å². The lowest BCUT2D eigenvalue weighted by atomic mass is 10.0. The Hall–Kier alpha value is -1.94. The minimum absolute atomic E-state index is 0.399. The summed E-state index contributed by atoms with van der Waals surface area (Å²) in [4.78, 5) is 14.0. The summed E-state index contributed by atoms with van der Waals surface area (Å²) in [5.41, 5.74) is 0.978. The number of ether oxygens (including phenoxy) is 1. The number of rotatable bonds is 3. The van der Waals surface area contributed by atoms with Crippen molar-refractivity contribution in [2.24, 2.45) is 5.92 Å². The number of fused-ring (bicyclic) bond motifs is 1. The predicted molar refractivity (Wildman–Crippen MR) is 99.7 cm³/mol. The van der Waals surface area contributed by atoms with Crippen molar-refractivity contribution in [3.8, 4) is 0 Å². The van der Waals surface area contributed by atoms with Gasteiger partial charge >= 0.3 is 12.1 Å². The molecule has 1 aliphatic carbocycles. The average molecular weight is 416 g/mol. The molecule has 0 spiro atoms. The van der Waals surface area contributed by atoms with Gasteiger partial charge in [0.2, 0.25) is 0 Å². The number of nitrogens with zero attached hydrogens (tertiary/aromatic N) is 4. The van der Waals surface area contributed by atoms with Crippen LogP contribution in [0.15, 0.2) is 12.1 Å². The first kappa shape index (κ1) is 21.8. The van der Waals surface area contributed by atoms with Gasteiger partial charge in [0, 0.05) is 32.2 Å². The number of anilines is 1. The van der Waals surface area contributed by atoms with E-state index >= 15 is 0 Å². The molecule has 0 amide bonds. The second kappa shape index (κ2) is 9.25. The molecule has 2 aliphatic heterocycles. The van der Waals surface area contributed by atoms with Crippen molar-refractivity contribution in [1.29, 1.82) is 0 Å². The van der Waals surface area contributed by atoms with Gasteiger partial charge in [0.25, 0.3) is 0 Å². The summed E-state index contributed by atoms with van der Waals surface area (Å²) in [7, 11) is 0. The van der Waals surface area contributed by atoms with Gasteiger partial charge < -0.3 is 14.7 Å². The van der Waals surface area contributed by atoms with Crippen LogP contribution in [-0.4, -0.2) is 77.3 Å². The molecule has 3 heterocycles. The van der Waals surface area contributed by atoms with Crippen molar-refractivity contribution in [2.75, 3.05) is 37.7 Å². The molecule has 1 saturated carbocycles. The van der Waals surface area contributed by atoms with Crippen molar-refractivity contribution in [3.63, 3.8) is 0 Å². The monoisotopic (exact) mass is 416 g/mol. The fourth-order valence-electron chi connectivity index (χ4n) is 3.81. The van der Waals surface area contributed by atoms with Gasteiger partial charge in [-0.15, -0.1) is 5.10 Å². The highest BCUT2D eigenvalue weighted by Gasteiger charge is 2.38. The lowest BCUT2D eigenvalue weighted by Crippen LogP contribution is -2.51. The smallest absolute Gasteiger partial charge is 0.475 e. The lowest BCUT2D eigenvalue weighted by molar-refractivity contribution is -0.192. The number of morpholine rings is 1. The number of carbonyl (C=O) groups is 1. The van der Waals surface area contributed by atoms with E-state index in [4.69, 9.17) is 14.6 Å². The molecular formula is C19H27F3N4O3. The third-order valence-corrected chi connectivity index (χ3v) is 5.53. The van der Waals surface area contributed by atoms with E-state index in [0.29, 0.717) is 12.1 Å². The van der Waals surface area contributed by atoms with Gasteiger partial charge in [0.05, 0.1) is 18.4 Å². The van der Waals surface area contributed by atoms with Crippen molar-refractivity contribution < 1.29 is 27.8 Å². The first-order chi connectivity index (χ1) is 13.7. The predicted octanol–water partition coefficient (Wildman–Crippen LogP) is 2.50. The van der Waals surface area contributed by atoms with Crippen LogP contribution in [0.3, 0.4) is 0 Å². The average Bonchev–Trinajstić information content (AvgIpc) is 3.49. The topological polar surface area (TPSA) is 78.8 Å². The number of aryl methyl sites for hydroxylation is 1. The molecule has 4 rings (SSSR count). The minimum Gasteiger partial charge on any atom is -0.475 e. The molecule has 0 aromatic carbocycles. The Balaban J connectivity index is 0.000000298. The van der Waals surface area contributed by atoms with Gasteiger partial charge in [-0.25, -0.2) is 4.79 Å². The summed E-state index contributed by atoms with van der Waals surface area (Å²) >= 11 is 0. The van der Waals surface area contributed by atoms with Crippen LogP contribution in [0.5, 0.6) is 0 Å². The van der Waals surface area contributed by atoms with Gasteiger partial charge in [0.15, 0.2) is 5.82 Å². The molecular weight excluding hydrogens is 389 g/mol. The molecule has 1 aromatic heterocycles. The van der Waals surface area contributed by atoms with Gasteiger partial charge in [-0.1, -0.05) is 0 Å². The maximum absolute atomic E-state index is 10.6. The number of aliphatic carboxylic acids is 1. The van der Waals surface area contributed by atoms with Crippen LogP contribution in [0.2, 0.25) is 0 Å². The highest BCUT2D eigenvalue weighted by molar-refractivity contribution is 5.73. The van der Waals surface area contributed by atoms with Crippen molar-refractivity contribution in [2.45, 2.75) is 50.9 Å². The van der Waals surface area contributed by atoms with E-state index in [9.17, 15) is 13.2 Å². The van der Waals surface area contributed by atoms with Crippen LogP contribution < -0.4 is 4.90 Å². The number of carboxylic acid groups (broad SMARTS) is 1. The number of hydrogen-bond acceptors (Lipinski definition) is 6. The highest BCUT2D eigenvalue weighted by Crippen LogP contribution is 2.33. The molecule has 1 N–H and O–H groups in total. The second-order valence-electron chi connectivity index (χ2n) is 7.82. The first-order valence-electron chi connectivity index (χ1n) is 9.95. The fourth-order valence-corrected chi connectivity index (χ4v) is 3.81. The quantitative estimate of drug-likeness (QED) is 0.811. The molecule has 0 radical (unpaired) electrons. The maximum atomic E-state index is 10.6. The molecule has 0 bridgehead atoms. The van der Waals surface area contributed by atoms with E-state index in [1.54, 1.807) is 0 Å². The molecule has 162 valence electrons. The minimum atomic E-state index is -5.08. The maximum Gasteiger partial charge on any atom is 0.490 e. The van der Waals surface area contributed by atoms with Crippen LogP contribution in [-0.2, 0) is 9.53 Å². The van der Waals surface area contributed by atoms with Crippen LogP contribution in [0.1, 0.15) is 31.4 Å². The summed E-state index contributed by atoms with van der Waals surface area (Å²) in [6.45, 7) is 7.37. The Labute approximate surface area is 167 Å². The largest absolute Gasteiger partial charge is 0.490 e. The van der Waals surface area contributed by atoms with E-state index in [2.05, 4.69) is 32.1 Å². The lowest BCUT2D eigenvalue weighted by Gasteiger charge is -2.40. The number of alkyl halides is 3. The second-order valence-corrected chi connectivity index (χ2v) is 7.82. The molecule has 2 atom stereocenters. The van der Waals surface area contributed by atoms with Gasteiger partial charge in [0.1, 0.15) is 0 Å². The number of aromatic nitrogens is 2. The third kappa shape index (κ3) is 6.27. The molecule has 29 heavy (non-hydrogen) atoms. The molecule has 3 aliphatic rings. The standard InChI is InChI=1S/C17H26N4O.C2HF3O2/c1-13-2-5-17(19-18-13)20-8-6-15-16(7-9-20)22-11-10-21(15)12-14-3-4-14;3-2(4,5)1(6)7/h2,5,14-16H,3-4,6-12H2,1H3;(H,6,7). The zero-order chi connectivity index (χ0) is 21.0. The zero-order valence-electron chi connectivity index (χ0n) is 16.4. The summed E-state index contributed by atoms with van der Waals surface area (Å²) in [6, 6.07) is 4.74. The third-order valence-electron chi connectivity index (χ3n) is 5.53. The van der Waals surface area contributed by atoms with Crippen molar-refractivity contribution in [1.82, 2.24) is 15.1 Å². The van der Waals surface area contributed by atoms with Crippen LogP contribution in [0.4, 0.5) is 19.0 Å². The molecule has 10 heteroatoms. The first-order valence-corrected chi connectivity index (χ1v) is 9.95. The van der Waals surface area contributed by atoms with Gasteiger partial charge in [-0.3, -0.25) is 4.90 Å². The Morgan fingerprint density at radius 2 is 1.86 bits per heavy atom. The molecule has 1 aromatic rings. The molecule has 3 fully saturated rings. The normalized spacial score (nSPS) is 25.4. The molecule has 2 unspecified atom stereocenters. The molecule has 7 nitrogen and oxygen atoms in total. The Bertz CT molecular complexity index is 682. The summed E-state index contributed by atoms with van der Waals surface area (Å²) < 4.78 is 37.8. The van der Waals surface area contributed by atoms with Gasteiger partial charge in [-0.05, 0) is 50.7 Å². The Morgan fingerprint density at radius 1 is 1.17 bits per heavy atom. The van der Waals surface area contributed by atoms with Gasteiger partial charge in [-0.2, -0.15) is 18.3 Å². The van der Waals surface area contributed by atoms with E-state index < -0.39 is 12.1 Å². The van der Waals surface area contributed by atoms with Crippen LogP contribution in [0, 0.1) is 12.8 Å². The number of carboxylic acids is 1. The van der Waals surface area contributed by atoms with E-state index in [1.807, 2.05) is 6.92 Å². The number of hydrogen-bond donors (Lipinski definition) is 1. The Morgan fingerprint density at radius 3 is 2.45 bits per heavy atom. The summed E-state index contributed by atoms with van der Waals surface area (Å²) in [5, 5.41) is 15.7. The van der Waals surface area contributed by atoms with Crippen LogP contribution >= 0.6 is 0 Å². The zero-order valence-corrected chi connectivity index (χ0v) is 16.4. The summed E-state index contributed by atoms with van der Waals surface area (Å²) in [6.07, 6.45) is 0.449. The van der Waals surface area contributed by atoms with E-state index in [0.717, 1.165) is 50.1 Å². The number of halogens is 3. The van der Waals surface area contributed by atoms with Crippen molar-refractivity contribution >= 4 is 11.8 Å². The van der Waals surface area contributed by atoms with Crippen molar-refractivity contribution in [3.05, 3.63) is 17.8 Å². The fraction of sp³-hybridized carbons (Fsp3) is 0.737. The SMILES string of the molecule is Cc1ccc(N2CCC3OCCN(CC4CC4)C3CC2)nn1.O=C(O)C(F)(F)F.